The number of nitrogens with zero attached hydrogens (tertiary/aromatic N) is 3. The van der Waals surface area contributed by atoms with Gasteiger partial charge in [0.15, 0.2) is 0 Å². The summed E-state index contributed by atoms with van der Waals surface area (Å²) in [5, 5.41) is 0. The van der Waals surface area contributed by atoms with Crippen LogP contribution in [0.25, 0.3) is 0 Å². The van der Waals surface area contributed by atoms with Crippen molar-refractivity contribution in [2.45, 2.75) is 13.0 Å². The highest BCUT2D eigenvalue weighted by Gasteiger charge is 2.01. The molecule has 16 heavy (non-hydrogen) atoms. The molecule has 1 rings (SSSR count). The molecule has 1 aromatic rings. The Hall–Kier alpha value is -1.13. The molecule has 0 unspecified atom stereocenters. The Bertz CT molecular complexity index is 294. The van der Waals surface area contributed by atoms with Gasteiger partial charge in [-0.1, -0.05) is 0 Å². The lowest BCUT2D eigenvalue weighted by Crippen LogP contribution is -2.23. The molecule has 0 bridgehead atoms. The Kier molecular flexibility index (Phi) is 5.22. The van der Waals surface area contributed by atoms with E-state index in [-0.39, 0.29) is 0 Å². The van der Waals surface area contributed by atoms with Gasteiger partial charge in [0.25, 0.3) is 0 Å². The normalized spacial score (nSPS) is 10.8. The van der Waals surface area contributed by atoms with Gasteiger partial charge in [0.1, 0.15) is 0 Å². The summed E-state index contributed by atoms with van der Waals surface area (Å²) >= 11 is 0. The van der Waals surface area contributed by atoms with Gasteiger partial charge in [-0.2, -0.15) is 0 Å². The monoisotopic (exact) mass is 222 g/mol. The Morgan fingerprint density at radius 3 is 2.44 bits per heavy atom. The van der Waals surface area contributed by atoms with E-state index >= 15 is 0 Å². The summed E-state index contributed by atoms with van der Waals surface area (Å²) in [6.45, 7) is 2.66. The molecule has 0 saturated carbocycles. The maximum absolute atomic E-state index is 5.51. The van der Waals surface area contributed by atoms with Crippen LogP contribution < -0.4 is 10.6 Å². The minimum absolute atomic E-state index is 0.505. The minimum atomic E-state index is 0.505. The van der Waals surface area contributed by atoms with E-state index in [4.69, 9.17) is 5.73 Å². The summed E-state index contributed by atoms with van der Waals surface area (Å²) in [6, 6.07) is 4.06. The largest absolute Gasteiger partial charge is 0.373 e. The van der Waals surface area contributed by atoms with Crippen molar-refractivity contribution in [2.24, 2.45) is 5.73 Å². The Morgan fingerprint density at radius 1 is 1.19 bits per heavy atom. The molecule has 90 valence electrons. The molecule has 0 saturated heterocycles. The third-order valence-corrected chi connectivity index (χ3v) is 2.56. The van der Waals surface area contributed by atoms with Gasteiger partial charge >= 0.3 is 0 Å². The maximum Gasteiger partial charge on any atom is 0.0550 e. The fourth-order valence-corrected chi connectivity index (χ4v) is 1.52. The van der Waals surface area contributed by atoms with Gasteiger partial charge in [0, 0.05) is 20.1 Å². The van der Waals surface area contributed by atoms with Crippen molar-refractivity contribution >= 4 is 5.69 Å². The van der Waals surface area contributed by atoms with Crippen molar-refractivity contribution in [3.63, 3.8) is 0 Å². The minimum Gasteiger partial charge on any atom is -0.373 e. The molecular weight excluding hydrogens is 200 g/mol. The second-order valence-corrected chi connectivity index (χ2v) is 4.29. The third-order valence-electron chi connectivity index (χ3n) is 2.56. The summed E-state index contributed by atoms with van der Waals surface area (Å²) in [5.41, 5.74) is 7.59. The molecule has 0 aliphatic heterocycles. The van der Waals surface area contributed by atoms with E-state index in [2.05, 4.69) is 42.0 Å². The predicted molar refractivity (Wildman–Crippen MR) is 68.6 cm³/mol. The van der Waals surface area contributed by atoms with Crippen LogP contribution in [0, 0.1) is 0 Å². The fraction of sp³-hybridized carbons (Fsp3) is 0.583. The van der Waals surface area contributed by atoms with Crippen molar-refractivity contribution < 1.29 is 0 Å². The van der Waals surface area contributed by atoms with E-state index in [1.54, 1.807) is 0 Å². The van der Waals surface area contributed by atoms with E-state index in [0.29, 0.717) is 6.54 Å². The van der Waals surface area contributed by atoms with Crippen LogP contribution in [0.15, 0.2) is 18.3 Å². The third kappa shape index (κ3) is 4.16. The number of nitrogens with two attached hydrogens (primary N) is 1. The Labute approximate surface area is 98.1 Å². The number of aromatic nitrogens is 1. The molecule has 0 fully saturated rings. The molecule has 1 aromatic heterocycles. The lowest BCUT2D eigenvalue weighted by molar-refractivity contribution is 0.401. The fourth-order valence-electron chi connectivity index (χ4n) is 1.52. The van der Waals surface area contributed by atoms with Gasteiger partial charge < -0.3 is 15.5 Å². The molecule has 0 aromatic carbocycles. The van der Waals surface area contributed by atoms with Gasteiger partial charge in [-0.3, -0.25) is 4.98 Å². The molecule has 0 amide bonds. The van der Waals surface area contributed by atoms with Gasteiger partial charge in [-0.25, -0.2) is 0 Å². The zero-order valence-corrected chi connectivity index (χ0v) is 10.5. The van der Waals surface area contributed by atoms with Crippen LogP contribution in [-0.4, -0.2) is 44.1 Å². The summed E-state index contributed by atoms with van der Waals surface area (Å²) in [4.78, 5) is 8.70. The first kappa shape index (κ1) is 12.9. The van der Waals surface area contributed by atoms with Crippen LogP contribution in [0.2, 0.25) is 0 Å². The average molecular weight is 222 g/mol. The molecule has 0 atom stereocenters. The van der Waals surface area contributed by atoms with Gasteiger partial charge in [0.05, 0.1) is 17.6 Å². The second-order valence-electron chi connectivity index (χ2n) is 4.29. The molecule has 4 heteroatoms. The topological polar surface area (TPSA) is 45.4 Å². The van der Waals surface area contributed by atoms with Gasteiger partial charge in [0.2, 0.25) is 0 Å². The zero-order valence-electron chi connectivity index (χ0n) is 10.5. The standard InChI is InChI=1S/C12H22N4/c1-15(2)7-4-8-16(3)12-6-5-11(9-13)14-10-12/h5-6,10H,4,7-9,13H2,1-3H3. The SMILES string of the molecule is CN(C)CCCN(C)c1ccc(CN)nc1. The molecular formula is C12H22N4. The van der Waals surface area contributed by atoms with E-state index in [9.17, 15) is 0 Å². The van der Waals surface area contributed by atoms with Crippen molar-refractivity contribution in [1.82, 2.24) is 9.88 Å². The van der Waals surface area contributed by atoms with Gasteiger partial charge in [-0.05, 0) is 39.2 Å². The van der Waals surface area contributed by atoms with Crippen LogP contribution >= 0.6 is 0 Å². The highest BCUT2D eigenvalue weighted by molar-refractivity contribution is 5.43. The molecule has 0 aliphatic carbocycles. The van der Waals surface area contributed by atoms with Crippen LogP contribution in [0.4, 0.5) is 5.69 Å². The first-order valence-corrected chi connectivity index (χ1v) is 5.64. The van der Waals surface area contributed by atoms with Crippen LogP contribution in [-0.2, 0) is 6.54 Å². The number of pyridine rings is 1. The molecule has 2 N–H and O–H groups in total. The van der Waals surface area contributed by atoms with Crippen molar-refractivity contribution in [2.75, 3.05) is 39.1 Å². The second kappa shape index (κ2) is 6.45. The van der Waals surface area contributed by atoms with Gasteiger partial charge in [-0.15, -0.1) is 0 Å². The van der Waals surface area contributed by atoms with Crippen LogP contribution in [0.1, 0.15) is 12.1 Å². The highest BCUT2D eigenvalue weighted by atomic mass is 15.1. The number of anilines is 1. The van der Waals surface area contributed by atoms with Crippen molar-refractivity contribution in [1.29, 1.82) is 0 Å². The van der Waals surface area contributed by atoms with E-state index in [1.807, 2.05) is 12.3 Å². The smallest absolute Gasteiger partial charge is 0.0550 e. The molecule has 0 spiro atoms. The summed E-state index contributed by atoms with van der Waals surface area (Å²) < 4.78 is 0. The Balaban J connectivity index is 2.43. The lowest BCUT2D eigenvalue weighted by atomic mass is 10.3. The molecule has 0 aliphatic rings. The van der Waals surface area contributed by atoms with Crippen molar-refractivity contribution in [3.05, 3.63) is 24.0 Å². The van der Waals surface area contributed by atoms with Crippen LogP contribution in [0.5, 0.6) is 0 Å². The van der Waals surface area contributed by atoms with Crippen LogP contribution in [0.3, 0.4) is 0 Å². The number of hydrogen-bond acceptors (Lipinski definition) is 4. The molecule has 4 nitrogen and oxygen atoms in total. The highest BCUT2D eigenvalue weighted by Crippen LogP contribution is 2.11. The average Bonchev–Trinajstić information content (AvgIpc) is 2.28. The quantitative estimate of drug-likeness (QED) is 0.777. The first-order chi connectivity index (χ1) is 7.63. The first-order valence-electron chi connectivity index (χ1n) is 5.64. The van der Waals surface area contributed by atoms with E-state index < -0.39 is 0 Å². The summed E-state index contributed by atoms with van der Waals surface area (Å²) in [6.07, 6.45) is 3.04. The lowest BCUT2D eigenvalue weighted by Gasteiger charge is -2.20. The molecule has 0 radical (unpaired) electrons. The summed E-state index contributed by atoms with van der Waals surface area (Å²) in [7, 11) is 6.28. The maximum atomic E-state index is 5.51. The zero-order chi connectivity index (χ0) is 12.0. The van der Waals surface area contributed by atoms with E-state index in [1.165, 1.54) is 0 Å². The number of hydrogen-bond donors (Lipinski definition) is 1. The van der Waals surface area contributed by atoms with E-state index in [0.717, 1.165) is 30.9 Å². The number of rotatable bonds is 6. The van der Waals surface area contributed by atoms with Crippen molar-refractivity contribution in [3.8, 4) is 0 Å². The molecule has 1 heterocycles. The summed E-state index contributed by atoms with van der Waals surface area (Å²) in [5.74, 6) is 0. The predicted octanol–water partition coefficient (Wildman–Crippen LogP) is 0.928. The Morgan fingerprint density at radius 2 is 1.94 bits per heavy atom.